The van der Waals surface area contributed by atoms with E-state index in [-0.39, 0.29) is 17.9 Å². The molecule has 0 unspecified atom stereocenters. The predicted octanol–water partition coefficient (Wildman–Crippen LogP) is 2.57. The first kappa shape index (κ1) is 14.4. The molecule has 0 aliphatic heterocycles. The van der Waals surface area contributed by atoms with E-state index in [0.717, 1.165) is 12.8 Å². The Labute approximate surface area is 115 Å². The molecule has 0 aromatic rings. The van der Waals surface area contributed by atoms with Gasteiger partial charge in [0.15, 0.2) is 0 Å². The van der Waals surface area contributed by atoms with E-state index in [0.29, 0.717) is 0 Å². The van der Waals surface area contributed by atoms with Crippen molar-refractivity contribution in [3.05, 3.63) is 0 Å². The second-order valence-corrected chi connectivity index (χ2v) is 6.67. The van der Waals surface area contributed by atoms with E-state index >= 15 is 0 Å². The summed E-state index contributed by atoms with van der Waals surface area (Å²) in [4.78, 5) is 23.3. The van der Waals surface area contributed by atoms with Crippen molar-refractivity contribution >= 4 is 11.9 Å². The van der Waals surface area contributed by atoms with Crippen molar-refractivity contribution in [1.82, 2.24) is 5.32 Å². The lowest BCUT2D eigenvalue weighted by atomic mass is 9.96. The van der Waals surface area contributed by atoms with Gasteiger partial charge in [-0.3, -0.25) is 9.59 Å². The van der Waals surface area contributed by atoms with Gasteiger partial charge in [-0.1, -0.05) is 46.0 Å². The average Bonchev–Trinajstić information content (AvgIpc) is 2.85. The molecule has 2 aliphatic rings. The van der Waals surface area contributed by atoms with Crippen LogP contribution in [0.1, 0.15) is 58.8 Å². The van der Waals surface area contributed by atoms with Crippen LogP contribution in [-0.4, -0.2) is 23.0 Å². The summed E-state index contributed by atoms with van der Waals surface area (Å²) >= 11 is 0. The Morgan fingerprint density at radius 3 is 2.00 bits per heavy atom. The fourth-order valence-corrected chi connectivity index (χ4v) is 3.48. The van der Waals surface area contributed by atoms with Gasteiger partial charge in [-0.15, -0.1) is 0 Å². The van der Waals surface area contributed by atoms with Crippen LogP contribution in [0, 0.1) is 17.3 Å². The molecule has 108 valence electrons. The molecule has 2 atom stereocenters. The Balaban J connectivity index is 1.88. The van der Waals surface area contributed by atoms with E-state index in [2.05, 4.69) is 5.32 Å². The topological polar surface area (TPSA) is 66.4 Å². The van der Waals surface area contributed by atoms with Crippen LogP contribution in [0.4, 0.5) is 0 Å². The monoisotopic (exact) mass is 267 g/mol. The zero-order valence-electron chi connectivity index (χ0n) is 11.9. The first-order valence-corrected chi connectivity index (χ1v) is 7.48. The first-order chi connectivity index (χ1) is 8.94. The van der Waals surface area contributed by atoms with E-state index in [1.54, 1.807) is 0 Å². The molecule has 2 aliphatic carbocycles. The molecule has 0 spiro atoms. The van der Waals surface area contributed by atoms with Gasteiger partial charge in [0.05, 0.1) is 11.8 Å². The Morgan fingerprint density at radius 1 is 1.00 bits per heavy atom. The summed E-state index contributed by atoms with van der Waals surface area (Å²) in [5, 5.41) is 12.2. The van der Waals surface area contributed by atoms with Gasteiger partial charge >= 0.3 is 5.97 Å². The first-order valence-electron chi connectivity index (χ1n) is 7.48. The second kappa shape index (κ2) is 5.51. The van der Waals surface area contributed by atoms with Crippen LogP contribution < -0.4 is 5.32 Å². The average molecular weight is 267 g/mol. The number of carbonyl (C=O) groups excluding carboxylic acids is 1. The number of hydrogen-bond acceptors (Lipinski definition) is 2. The minimum atomic E-state index is -0.845. The normalized spacial score (nSPS) is 31.1. The number of carboxylic acids is 1. The maximum absolute atomic E-state index is 12.2. The summed E-state index contributed by atoms with van der Waals surface area (Å²) in [7, 11) is 0. The molecule has 0 bridgehead atoms. The third-order valence-electron chi connectivity index (χ3n) is 4.83. The number of amides is 1. The molecular weight excluding hydrogens is 242 g/mol. The van der Waals surface area contributed by atoms with Crippen molar-refractivity contribution in [2.24, 2.45) is 17.3 Å². The lowest BCUT2D eigenvalue weighted by Gasteiger charge is -2.21. The summed E-state index contributed by atoms with van der Waals surface area (Å²) < 4.78 is 0. The minimum absolute atomic E-state index is 0.0528. The van der Waals surface area contributed by atoms with Gasteiger partial charge in [0, 0.05) is 6.04 Å². The largest absolute Gasteiger partial charge is 0.481 e. The Kier molecular flexibility index (Phi) is 4.16. The van der Waals surface area contributed by atoms with E-state index in [1.165, 1.54) is 32.1 Å². The van der Waals surface area contributed by atoms with Crippen molar-refractivity contribution in [2.75, 3.05) is 0 Å². The standard InChI is InChI=1S/C15H25NO3/c1-15(2)11(12(15)14(18)19)13(17)16-10-8-6-4-3-5-7-9-10/h10-12H,3-9H2,1-2H3,(H,16,17)(H,18,19)/t11-,12+/m1/s1. The van der Waals surface area contributed by atoms with Crippen LogP contribution in [0.2, 0.25) is 0 Å². The molecule has 0 aromatic carbocycles. The molecule has 2 N–H and O–H groups in total. The summed E-state index contributed by atoms with van der Waals surface area (Å²) in [6.07, 6.45) is 8.21. The number of rotatable bonds is 3. The van der Waals surface area contributed by atoms with Crippen molar-refractivity contribution in [3.63, 3.8) is 0 Å². The highest BCUT2D eigenvalue weighted by Crippen LogP contribution is 2.58. The number of hydrogen-bond donors (Lipinski definition) is 2. The molecule has 2 saturated carbocycles. The smallest absolute Gasteiger partial charge is 0.307 e. The molecule has 2 fully saturated rings. The van der Waals surface area contributed by atoms with Gasteiger partial charge in [-0.2, -0.15) is 0 Å². The van der Waals surface area contributed by atoms with Gasteiger partial charge in [-0.05, 0) is 18.3 Å². The molecule has 1 amide bonds. The van der Waals surface area contributed by atoms with Crippen LogP contribution in [0.3, 0.4) is 0 Å². The molecule has 0 heterocycles. The highest BCUT2D eigenvalue weighted by molar-refractivity contribution is 5.91. The molecule has 2 rings (SSSR count). The van der Waals surface area contributed by atoms with Crippen LogP contribution >= 0.6 is 0 Å². The number of carbonyl (C=O) groups is 2. The van der Waals surface area contributed by atoms with Crippen LogP contribution in [0.5, 0.6) is 0 Å². The molecule has 4 nitrogen and oxygen atoms in total. The molecular formula is C15H25NO3. The van der Waals surface area contributed by atoms with Gasteiger partial charge in [-0.25, -0.2) is 0 Å². The number of carboxylic acid groups (broad SMARTS) is 1. The zero-order chi connectivity index (χ0) is 14.0. The molecule has 0 radical (unpaired) electrons. The minimum Gasteiger partial charge on any atom is -0.481 e. The fraction of sp³-hybridized carbons (Fsp3) is 0.867. The molecule has 19 heavy (non-hydrogen) atoms. The predicted molar refractivity (Wildman–Crippen MR) is 72.6 cm³/mol. The van der Waals surface area contributed by atoms with Gasteiger partial charge < -0.3 is 10.4 Å². The number of aliphatic carboxylic acids is 1. The van der Waals surface area contributed by atoms with Gasteiger partial charge in [0.2, 0.25) is 5.91 Å². The van der Waals surface area contributed by atoms with E-state index in [1.807, 2.05) is 13.8 Å². The maximum Gasteiger partial charge on any atom is 0.307 e. The quantitative estimate of drug-likeness (QED) is 0.826. The SMILES string of the molecule is CC1(C)[C@H](C(=O)O)[C@@H]1C(=O)NC1CCCCCCC1. The van der Waals surface area contributed by atoms with E-state index < -0.39 is 17.3 Å². The fourth-order valence-electron chi connectivity index (χ4n) is 3.48. The summed E-state index contributed by atoms with van der Waals surface area (Å²) in [6, 6.07) is 0.249. The van der Waals surface area contributed by atoms with Crippen molar-refractivity contribution in [2.45, 2.75) is 64.8 Å². The Hall–Kier alpha value is -1.06. The zero-order valence-corrected chi connectivity index (χ0v) is 11.9. The third-order valence-corrected chi connectivity index (χ3v) is 4.83. The van der Waals surface area contributed by atoms with Gasteiger partial charge in [0.1, 0.15) is 0 Å². The van der Waals surface area contributed by atoms with Crippen molar-refractivity contribution in [1.29, 1.82) is 0 Å². The molecule has 0 aromatic heterocycles. The van der Waals surface area contributed by atoms with Crippen molar-refractivity contribution in [3.8, 4) is 0 Å². The Bertz CT molecular complexity index is 356. The van der Waals surface area contributed by atoms with E-state index in [9.17, 15) is 9.59 Å². The highest BCUT2D eigenvalue weighted by atomic mass is 16.4. The van der Waals surface area contributed by atoms with Gasteiger partial charge in [0.25, 0.3) is 0 Å². The lowest BCUT2D eigenvalue weighted by molar-refractivity contribution is -0.140. The van der Waals surface area contributed by atoms with Crippen LogP contribution in [0.15, 0.2) is 0 Å². The summed E-state index contributed by atoms with van der Waals surface area (Å²) in [6.45, 7) is 3.74. The lowest BCUT2D eigenvalue weighted by Crippen LogP contribution is -2.37. The van der Waals surface area contributed by atoms with E-state index in [4.69, 9.17) is 5.11 Å². The third kappa shape index (κ3) is 3.10. The highest BCUT2D eigenvalue weighted by Gasteiger charge is 2.65. The van der Waals surface area contributed by atoms with Crippen LogP contribution in [-0.2, 0) is 9.59 Å². The molecule has 0 saturated heterocycles. The van der Waals surface area contributed by atoms with Crippen molar-refractivity contribution < 1.29 is 14.7 Å². The summed E-state index contributed by atoms with van der Waals surface area (Å²) in [5.41, 5.74) is -0.391. The maximum atomic E-state index is 12.2. The Morgan fingerprint density at radius 2 is 1.53 bits per heavy atom. The molecule has 4 heteroatoms. The summed E-state index contributed by atoms with van der Waals surface area (Å²) in [5.74, 6) is -1.76. The van der Waals surface area contributed by atoms with Crippen LogP contribution in [0.25, 0.3) is 0 Å². The number of nitrogens with one attached hydrogen (secondary N) is 1. The second-order valence-electron chi connectivity index (χ2n) is 6.67.